The van der Waals surface area contributed by atoms with Gasteiger partial charge in [-0.05, 0) is 40.8 Å². The first kappa shape index (κ1) is 16.5. The average molecular weight is 454 g/mol. The highest BCUT2D eigenvalue weighted by atomic mass is 127. The van der Waals surface area contributed by atoms with E-state index in [-0.39, 0.29) is 19.8 Å². The Bertz CT molecular complexity index is 825. The molecular weight excluding hydrogens is 446 g/mol. The molecule has 1 heterocycles. The van der Waals surface area contributed by atoms with Crippen LogP contribution in [0.4, 0.5) is 18.9 Å². The van der Waals surface area contributed by atoms with Crippen molar-refractivity contribution in [2.45, 2.75) is 11.8 Å². The molecule has 1 atom stereocenters. The summed E-state index contributed by atoms with van der Waals surface area (Å²) in [5.74, 6) is -0.965. The third-order valence-corrected chi connectivity index (χ3v) is 4.56. The van der Waals surface area contributed by atoms with Crippen LogP contribution in [0.1, 0.15) is 16.7 Å². The predicted octanol–water partition coefficient (Wildman–Crippen LogP) is 4.15. The van der Waals surface area contributed by atoms with Gasteiger partial charge in [0.15, 0.2) is 5.60 Å². The molecule has 0 spiro atoms. The summed E-state index contributed by atoms with van der Waals surface area (Å²) < 4.78 is 40.6. The summed E-state index contributed by atoms with van der Waals surface area (Å²) in [6.07, 6.45) is -4.73. The molecule has 2 N–H and O–H groups in total. The number of alkyl halides is 3. The Balaban J connectivity index is 2.37. The molecule has 3 rings (SSSR count). The second kappa shape index (κ2) is 5.35. The third-order valence-electron chi connectivity index (χ3n) is 3.61. The van der Waals surface area contributed by atoms with Gasteiger partial charge in [-0.2, -0.15) is 13.2 Å². The summed E-state index contributed by atoms with van der Waals surface area (Å²) in [4.78, 5) is 12.3. The molecule has 0 fully saturated rings. The maximum absolute atomic E-state index is 13.4. The standard InChI is InChI=1S/C15H8ClF3INO2/c16-10-4-2-1-3-8(10)14(23)12-9(15(17,18)19)5-7(20)6-11(12)21-13(14)22/h1-6,23H,(H,21,22). The minimum Gasteiger partial charge on any atom is -0.372 e. The Hall–Kier alpha value is -1.32. The molecule has 0 bridgehead atoms. The second-order valence-corrected chi connectivity index (χ2v) is 6.67. The minimum absolute atomic E-state index is 0.00433. The fourth-order valence-corrected chi connectivity index (χ4v) is 3.55. The number of benzene rings is 2. The zero-order valence-electron chi connectivity index (χ0n) is 11.2. The van der Waals surface area contributed by atoms with E-state index in [1.807, 2.05) is 0 Å². The first-order valence-corrected chi connectivity index (χ1v) is 7.81. The zero-order chi connectivity index (χ0) is 17.0. The van der Waals surface area contributed by atoms with Gasteiger partial charge in [-0.3, -0.25) is 4.79 Å². The van der Waals surface area contributed by atoms with Crippen LogP contribution in [0.15, 0.2) is 36.4 Å². The Kier molecular flexibility index (Phi) is 3.85. The lowest BCUT2D eigenvalue weighted by Crippen LogP contribution is -2.37. The van der Waals surface area contributed by atoms with Crippen LogP contribution in [0.5, 0.6) is 0 Å². The van der Waals surface area contributed by atoms with Gasteiger partial charge in [0.1, 0.15) is 0 Å². The van der Waals surface area contributed by atoms with Crippen molar-refractivity contribution in [1.82, 2.24) is 0 Å². The molecule has 2 aromatic rings. The summed E-state index contributed by atoms with van der Waals surface area (Å²) in [5, 5.41) is 13.2. The van der Waals surface area contributed by atoms with E-state index in [1.165, 1.54) is 24.3 Å². The molecule has 3 nitrogen and oxygen atoms in total. The van der Waals surface area contributed by atoms with E-state index in [1.54, 1.807) is 28.7 Å². The number of nitrogens with one attached hydrogen (secondary N) is 1. The van der Waals surface area contributed by atoms with Gasteiger partial charge < -0.3 is 10.4 Å². The highest BCUT2D eigenvalue weighted by molar-refractivity contribution is 14.1. The van der Waals surface area contributed by atoms with E-state index in [2.05, 4.69) is 5.32 Å². The van der Waals surface area contributed by atoms with Gasteiger partial charge in [-0.15, -0.1) is 0 Å². The Morgan fingerprint density at radius 1 is 1.22 bits per heavy atom. The lowest BCUT2D eigenvalue weighted by Gasteiger charge is -2.25. The first-order chi connectivity index (χ1) is 10.7. The van der Waals surface area contributed by atoms with Gasteiger partial charge >= 0.3 is 6.18 Å². The van der Waals surface area contributed by atoms with Gasteiger partial charge in [0.05, 0.1) is 5.56 Å². The number of aliphatic hydroxyl groups is 1. The Labute approximate surface area is 147 Å². The van der Waals surface area contributed by atoms with Crippen molar-refractivity contribution in [1.29, 1.82) is 0 Å². The van der Waals surface area contributed by atoms with Gasteiger partial charge in [-0.25, -0.2) is 0 Å². The van der Waals surface area contributed by atoms with E-state index >= 15 is 0 Å². The molecule has 23 heavy (non-hydrogen) atoms. The fraction of sp³-hybridized carbons (Fsp3) is 0.133. The zero-order valence-corrected chi connectivity index (χ0v) is 14.1. The van der Waals surface area contributed by atoms with Crippen LogP contribution in [0.25, 0.3) is 0 Å². The Morgan fingerprint density at radius 3 is 2.48 bits per heavy atom. The number of amides is 1. The predicted molar refractivity (Wildman–Crippen MR) is 87.2 cm³/mol. The third kappa shape index (κ3) is 2.50. The van der Waals surface area contributed by atoms with Crippen LogP contribution < -0.4 is 5.32 Å². The van der Waals surface area contributed by atoms with Crippen LogP contribution in [0.2, 0.25) is 5.02 Å². The number of rotatable bonds is 1. The number of hydrogen-bond acceptors (Lipinski definition) is 2. The lowest BCUT2D eigenvalue weighted by molar-refractivity contribution is -0.141. The molecule has 0 aliphatic carbocycles. The summed E-state index contributed by atoms with van der Waals surface area (Å²) in [5.41, 5.74) is -4.26. The Morgan fingerprint density at radius 2 is 1.87 bits per heavy atom. The van der Waals surface area contributed by atoms with Crippen LogP contribution in [0, 0.1) is 3.57 Å². The number of anilines is 1. The molecular formula is C15H8ClF3INO2. The van der Waals surface area contributed by atoms with E-state index in [4.69, 9.17) is 11.6 Å². The smallest absolute Gasteiger partial charge is 0.372 e. The van der Waals surface area contributed by atoms with E-state index in [9.17, 15) is 23.1 Å². The maximum atomic E-state index is 13.4. The molecule has 1 amide bonds. The molecule has 8 heteroatoms. The molecule has 0 saturated heterocycles. The van der Waals surface area contributed by atoms with E-state index < -0.39 is 28.8 Å². The maximum Gasteiger partial charge on any atom is 0.416 e. The summed E-state index contributed by atoms with van der Waals surface area (Å²) in [6, 6.07) is 8.04. The van der Waals surface area contributed by atoms with Crippen molar-refractivity contribution in [2.75, 3.05) is 5.32 Å². The monoisotopic (exact) mass is 453 g/mol. The number of carbonyl (C=O) groups is 1. The van der Waals surface area contributed by atoms with E-state index in [0.717, 1.165) is 6.07 Å². The van der Waals surface area contributed by atoms with Gasteiger partial charge in [0.2, 0.25) is 0 Å². The van der Waals surface area contributed by atoms with Crippen molar-refractivity contribution < 1.29 is 23.1 Å². The lowest BCUT2D eigenvalue weighted by atomic mass is 9.84. The van der Waals surface area contributed by atoms with Crippen LogP contribution >= 0.6 is 34.2 Å². The van der Waals surface area contributed by atoms with E-state index in [0.29, 0.717) is 0 Å². The van der Waals surface area contributed by atoms with Crippen molar-refractivity contribution in [3.63, 3.8) is 0 Å². The topological polar surface area (TPSA) is 49.3 Å². The summed E-state index contributed by atoms with van der Waals surface area (Å²) >= 11 is 7.72. The van der Waals surface area contributed by atoms with Crippen molar-refractivity contribution in [3.05, 3.63) is 61.7 Å². The number of fused-ring (bicyclic) bond motifs is 1. The largest absolute Gasteiger partial charge is 0.416 e. The molecule has 1 unspecified atom stereocenters. The number of carbonyl (C=O) groups excluding carboxylic acids is 1. The SMILES string of the molecule is O=C1Nc2cc(I)cc(C(F)(F)F)c2C1(O)c1ccccc1Cl. The fourth-order valence-electron chi connectivity index (χ4n) is 2.66. The summed E-state index contributed by atoms with van der Waals surface area (Å²) in [7, 11) is 0. The molecule has 1 aliphatic heterocycles. The van der Waals surface area contributed by atoms with Crippen molar-refractivity contribution in [2.24, 2.45) is 0 Å². The number of hydrogen-bond donors (Lipinski definition) is 2. The highest BCUT2D eigenvalue weighted by Crippen LogP contribution is 2.49. The number of halogens is 5. The van der Waals surface area contributed by atoms with Crippen LogP contribution in [0.3, 0.4) is 0 Å². The average Bonchev–Trinajstić information content (AvgIpc) is 2.69. The second-order valence-electron chi connectivity index (χ2n) is 5.02. The van der Waals surface area contributed by atoms with Crippen molar-refractivity contribution >= 4 is 45.8 Å². The van der Waals surface area contributed by atoms with Crippen molar-refractivity contribution in [3.8, 4) is 0 Å². The van der Waals surface area contributed by atoms with Gasteiger partial charge in [-0.1, -0.05) is 29.8 Å². The normalized spacial score (nSPS) is 20.3. The molecule has 0 radical (unpaired) electrons. The minimum atomic E-state index is -4.73. The highest BCUT2D eigenvalue weighted by Gasteiger charge is 2.53. The quantitative estimate of drug-likeness (QED) is 0.638. The first-order valence-electron chi connectivity index (χ1n) is 6.35. The van der Waals surface area contributed by atoms with Crippen LogP contribution in [-0.2, 0) is 16.6 Å². The van der Waals surface area contributed by atoms with Crippen LogP contribution in [-0.4, -0.2) is 11.0 Å². The van der Waals surface area contributed by atoms with Gasteiger partial charge in [0.25, 0.3) is 5.91 Å². The molecule has 1 aliphatic rings. The molecule has 0 saturated carbocycles. The molecule has 2 aromatic carbocycles. The summed E-state index contributed by atoms with van der Waals surface area (Å²) in [6.45, 7) is 0. The van der Waals surface area contributed by atoms with Gasteiger partial charge in [0, 0.05) is 25.4 Å². The molecule has 120 valence electrons. The molecule has 0 aromatic heterocycles.